The second-order valence-corrected chi connectivity index (χ2v) is 3.37. The highest BCUT2D eigenvalue weighted by Crippen LogP contribution is 2.10. The third kappa shape index (κ3) is 2.77. The first-order valence-corrected chi connectivity index (χ1v) is 4.26. The van der Waals surface area contributed by atoms with E-state index in [-0.39, 0.29) is 0 Å². The number of morpholine rings is 1. The number of hydrogen-bond acceptors (Lipinski definition) is 3. The van der Waals surface area contributed by atoms with Gasteiger partial charge in [-0.2, -0.15) is 0 Å². The zero-order chi connectivity index (χ0) is 8.27. The van der Waals surface area contributed by atoms with Crippen LogP contribution in [0.3, 0.4) is 0 Å². The fourth-order valence-electron chi connectivity index (χ4n) is 1.62. The molecule has 0 aliphatic carbocycles. The predicted molar refractivity (Wildman–Crippen MR) is 45.5 cm³/mol. The molecule has 0 spiro atoms. The minimum atomic E-state index is 0.355. The van der Waals surface area contributed by atoms with Crippen LogP contribution in [0.2, 0.25) is 0 Å². The standard InChI is InChI=1S/C8H18N2O/c1-7-5-10(2)6-8(11-7)3-4-9/h7-8H,3-6,9H2,1-2H3. The fraction of sp³-hybridized carbons (Fsp3) is 1.00. The van der Waals surface area contributed by atoms with Crippen molar-refractivity contribution in [3.63, 3.8) is 0 Å². The summed E-state index contributed by atoms with van der Waals surface area (Å²) >= 11 is 0. The maximum Gasteiger partial charge on any atom is 0.0718 e. The Kier molecular flexibility index (Phi) is 3.30. The first kappa shape index (κ1) is 8.97. The van der Waals surface area contributed by atoms with Gasteiger partial charge in [0.1, 0.15) is 0 Å². The second kappa shape index (κ2) is 4.04. The molecule has 2 atom stereocenters. The van der Waals surface area contributed by atoms with Gasteiger partial charge in [0.05, 0.1) is 12.2 Å². The van der Waals surface area contributed by atoms with Crippen molar-refractivity contribution in [3.05, 3.63) is 0 Å². The van der Waals surface area contributed by atoms with Crippen LogP contribution in [-0.2, 0) is 4.74 Å². The van der Waals surface area contributed by atoms with Gasteiger partial charge in [-0.05, 0) is 26.9 Å². The molecule has 3 heteroatoms. The van der Waals surface area contributed by atoms with Crippen LogP contribution in [0.5, 0.6) is 0 Å². The van der Waals surface area contributed by atoms with E-state index in [1.165, 1.54) is 0 Å². The van der Waals surface area contributed by atoms with Gasteiger partial charge in [0.15, 0.2) is 0 Å². The minimum absolute atomic E-state index is 0.355. The molecule has 11 heavy (non-hydrogen) atoms. The average Bonchev–Trinajstić information content (AvgIpc) is 1.85. The highest BCUT2D eigenvalue weighted by Gasteiger charge is 2.21. The Morgan fingerprint density at radius 1 is 1.55 bits per heavy atom. The normalized spacial score (nSPS) is 34.1. The van der Waals surface area contributed by atoms with E-state index >= 15 is 0 Å². The molecule has 0 amide bonds. The van der Waals surface area contributed by atoms with Crippen LogP contribution in [0.1, 0.15) is 13.3 Å². The molecule has 2 unspecified atom stereocenters. The van der Waals surface area contributed by atoms with Crippen LogP contribution in [0.4, 0.5) is 0 Å². The summed E-state index contributed by atoms with van der Waals surface area (Å²) < 4.78 is 5.68. The number of hydrogen-bond donors (Lipinski definition) is 1. The highest BCUT2D eigenvalue weighted by molar-refractivity contribution is 4.73. The summed E-state index contributed by atoms with van der Waals surface area (Å²) in [6.45, 7) is 4.91. The van der Waals surface area contributed by atoms with Crippen molar-refractivity contribution in [1.82, 2.24) is 4.90 Å². The van der Waals surface area contributed by atoms with E-state index in [0.29, 0.717) is 12.2 Å². The summed E-state index contributed by atoms with van der Waals surface area (Å²) in [6, 6.07) is 0. The Hall–Kier alpha value is -0.120. The third-order valence-corrected chi connectivity index (χ3v) is 2.00. The molecule has 0 aromatic rings. The van der Waals surface area contributed by atoms with E-state index < -0.39 is 0 Å². The van der Waals surface area contributed by atoms with E-state index in [4.69, 9.17) is 10.5 Å². The Bertz CT molecular complexity index is 109. The Morgan fingerprint density at radius 2 is 2.27 bits per heavy atom. The zero-order valence-electron chi connectivity index (χ0n) is 7.42. The van der Waals surface area contributed by atoms with Gasteiger partial charge in [-0.3, -0.25) is 0 Å². The van der Waals surface area contributed by atoms with E-state index in [1.54, 1.807) is 0 Å². The van der Waals surface area contributed by atoms with Gasteiger partial charge in [-0.1, -0.05) is 0 Å². The molecular formula is C8H18N2O. The fourth-order valence-corrected chi connectivity index (χ4v) is 1.62. The highest BCUT2D eigenvalue weighted by atomic mass is 16.5. The van der Waals surface area contributed by atoms with Crippen LogP contribution in [0.25, 0.3) is 0 Å². The zero-order valence-corrected chi connectivity index (χ0v) is 7.42. The lowest BCUT2D eigenvalue weighted by molar-refractivity contribution is -0.0712. The number of nitrogens with zero attached hydrogens (tertiary/aromatic N) is 1. The van der Waals surface area contributed by atoms with Crippen molar-refractivity contribution >= 4 is 0 Å². The van der Waals surface area contributed by atoms with Crippen molar-refractivity contribution in [2.45, 2.75) is 25.6 Å². The second-order valence-electron chi connectivity index (χ2n) is 3.37. The third-order valence-electron chi connectivity index (χ3n) is 2.00. The lowest BCUT2D eigenvalue weighted by atomic mass is 10.2. The van der Waals surface area contributed by atoms with Gasteiger partial charge in [0.25, 0.3) is 0 Å². The molecule has 66 valence electrons. The molecule has 2 N–H and O–H groups in total. The topological polar surface area (TPSA) is 38.5 Å². The number of likely N-dealkylation sites (N-methyl/N-ethyl adjacent to an activating group) is 1. The Balaban J connectivity index is 2.30. The van der Waals surface area contributed by atoms with Crippen molar-refractivity contribution in [2.75, 3.05) is 26.7 Å². The van der Waals surface area contributed by atoms with E-state index in [0.717, 1.165) is 26.1 Å². The monoisotopic (exact) mass is 158 g/mol. The molecule has 1 rings (SSSR count). The molecule has 1 fully saturated rings. The first-order valence-electron chi connectivity index (χ1n) is 4.26. The van der Waals surface area contributed by atoms with Crippen LogP contribution < -0.4 is 5.73 Å². The smallest absolute Gasteiger partial charge is 0.0718 e. The van der Waals surface area contributed by atoms with Gasteiger partial charge in [-0.25, -0.2) is 0 Å². The summed E-state index contributed by atoms with van der Waals surface area (Å²) in [6.07, 6.45) is 1.70. The van der Waals surface area contributed by atoms with Crippen LogP contribution in [0, 0.1) is 0 Å². The van der Waals surface area contributed by atoms with Crippen molar-refractivity contribution in [2.24, 2.45) is 5.73 Å². The molecule has 1 saturated heterocycles. The molecule has 0 aromatic heterocycles. The van der Waals surface area contributed by atoms with Crippen molar-refractivity contribution in [1.29, 1.82) is 0 Å². The van der Waals surface area contributed by atoms with Gasteiger partial charge in [0, 0.05) is 13.1 Å². The molecule has 3 nitrogen and oxygen atoms in total. The summed E-state index contributed by atoms with van der Waals surface area (Å²) in [5.74, 6) is 0. The summed E-state index contributed by atoms with van der Waals surface area (Å²) in [4.78, 5) is 2.30. The number of ether oxygens (including phenoxy) is 1. The quantitative estimate of drug-likeness (QED) is 0.617. The summed E-state index contributed by atoms with van der Waals surface area (Å²) in [7, 11) is 2.13. The van der Waals surface area contributed by atoms with Crippen LogP contribution >= 0.6 is 0 Å². The number of rotatable bonds is 2. The average molecular weight is 158 g/mol. The van der Waals surface area contributed by atoms with Gasteiger partial charge < -0.3 is 15.4 Å². The Labute approximate surface area is 68.5 Å². The SMILES string of the molecule is CC1CN(C)CC(CCN)O1. The number of nitrogens with two attached hydrogens (primary N) is 1. The molecule has 0 aromatic carbocycles. The molecule has 1 aliphatic heterocycles. The Morgan fingerprint density at radius 3 is 2.82 bits per heavy atom. The maximum atomic E-state index is 5.68. The van der Waals surface area contributed by atoms with Crippen molar-refractivity contribution in [3.8, 4) is 0 Å². The lowest BCUT2D eigenvalue weighted by Crippen LogP contribution is -2.45. The summed E-state index contributed by atoms with van der Waals surface area (Å²) in [5, 5.41) is 0. The minimum Gasteiger partial charge on any atom is -0.373 e. The van der Waals surface area contributed by atoms with E-state index in [9.17, 15) is 0 Å². The van der Waals surface area contributed by atoms with Crippen LogP contribution in [-0.4, -0.2) is 43.8 Å². The van der Waals surface area contributed by atoms with Crippen molar-refractivity contribution < 1.29 is 4.74 Å². The lowest BCUT2D eigenvalue weighted by Gasteiger charge is -2.34. The molecule has 1 heterocycles. The molecule has 1 aliphatic rings. The largest absolute Gasteiger partial charge is 0.373 e. The molecular weight excluding hydrogens is 140 g/mol. The predicted octanol–water partition coefficient (Wildman–Crippen LogP) is 0.0543. The molecule has 0 bridgehead atoms. The van der Waals surface area contributed by atoms with Gasteiger partial charge >= 0.3 is 0 Å². The van der Waals surface area contributed by atoms with Gasteiger partial charge in [-0.15, -0.1) is 0 Å². The van der Waals surface area contributed by atoms with Crippen LogP contribution in [0.15, 0.2) is 0 Å². The molecule has 0 radical (unpaired) electrons. The van der Waals surface area contributed by atoms with Gasteiger partial charge in [0.2, 0.25) is 0 Å². The summed E-state index contributed by atoms with van der Waals surface area (Å²) in [5.41, 5.74) is 5.45. The van der Waals surface area contributed by atoms with E-state index in [1.807, 2.05) is 0 Å². The first-order chi connectivity index (χ1) is 5.22. The molecule has 0 saturated carbocycles. The van der Waals surface area contributed by atoms with E-state index in [2.05, 4.69) is 18.9 Å². The maximum absolute atomic E-state index is 5.68.